The standard InChI is InChI=1S/C9H10N6O2/c1-15-3-5(2-14-15)6-7(10)12-4-13-8(6)17-9(11)16/h2-4H,1H3,(H2,11,16)(H2,10,12,13). The van der Waals surface area contributed by atoms with Gasteiger partial charge >= 0.3 is 6.09 Å². The molecule has 2 aromatic rings. The first-order valence-corrected chi connectivity index (χ1v) is 4.64. The first-order chi connectivity index (χ1) is 8.08. The molecule has 0 saturated heterocycles. The molecule has 2 aromatic heterocycles. The lowest BCUT2D eigenvalue weighted by Gasteiger charge is -2.06. The number of aromatic nitrogens is 4. The van der Waals surface area contributed by atoms with E-state index in [1.807, 2.05) is 0 Å². The number of nitrogens with zero attached hydrogens (tertiary/aromatic N) is 4. The van der Waals surface area contributed by atoms with Gasteiger partial charge in [0.05, 0.1) is 11.8 Å². The van der Waals surface area contributed by atoms with E-state index in [2.05, 4.69) is 15.1 Å². The van der Waals surface area contributed by atoms with Crippen LogP contribution in [0.3, 0.4) is 0 Å². The highest BCUT2D eigenvalue weighted by Crippen LogP contribution is 2.31. The zero-order valence-electron chi connectivity index (χ0n) is 8.99. The van der Waals surface area contributed by atoms with Gasteiger partial charge in [0.25, 0.3) is 0 Å². The largest absolute Gasteiger partial charge is 0.411 e. The Morgan fingerprint density at radius 1 is 1.47 bits per heavy atom. The van der Waals surface area contributed by atoms with Gasteiger partial charge in [0.2, 0.25) is 5.88 Å². The van der Waals surface area contributed by atoms with Gasteiger partial charge in [-0.2, -0.15) is 5.10 Å². The van der Waals surface area contributed by atoms with Crippen molar-refractivity contribution in [2.75, 3.05) is 5.73 Å². The molecule has 0 aliphatic rings. The van der Waals surface area contributed by atoms with Crippen LogP contribution in [0.2, 0.25) is 0 Å². The number of nitrogen functional groups attached to an aromatic ring is 1. The predicted molar refractivity (Wildman–Crippen MR) is 58.9 cm³/mol. The number of hydrogen-bond acceptors (Lipinski definition) is 6. The van der Waals surface area contributed by atoms with Crippen molar-refractivity contribution in [2.45, 2.75) is 0 Å². The molecule has 2 rings (SSSR count). The maximum atomic E-state index is 10.7. The van der Waals surface area contributed by atoms with Crippen LogP contribution in [0.15, 0.2) is 18.7 Å². The molecule has 88 valence electrons. The molecule has 2 heterocycles. The maximum Gasteiger partial charge on any atom is 0.411 e. The van der Waals surface area contributed by atoms with E-state index < -0.39 is 6.09 Å². The Labute approximate surface area is 96.2 Å². The fourth-order valence-corrected chi connectivity index (χ4v) is 1.38. The number of amides is 1. The molecule has 8 heteroatoms. The molecular formula is C9H10N6O2. The number of anilines is 1. The first kappa shape index (κ1) is 10.9. The van der Waals surface area contributed by atoms with E-state index in [9.17, 15) is 4.79 Å². The summed E-state index contributed by atoms with van der Waals surface area (Å²) in [7, 11) is 1.75. The SMILES string of the molecule is Cn1cc(-c2c(N)ncnc2OC(N)=O)cn1. The molecule has 17 heavy (non-hydrogen) atoms. The van der Waals surface area contributed by atoms with E-state index in [-0.39, 0.29) is 11.7 Å². The monoisotopic (exact) mass is 234 g/mol. The molecule has 0 aliphatic heterocycles. The summed E-state index contributed by atoms with van der Waals surface area (Å²) in [5.74, 6) is 0.197. The Bertz CT molecular complexity index is 564. The second-order valence-electron chi connectivity index (χ2n) is 3.26. The minimum atomic E-state index is -0.965. The molecule has 0 atom stereocenters. The summed E-state index contributed by atoms with van der Waals surface area (Å²) in [6.07, 6.45) is 3.48. The topological polar surface area (TPSA) is 122 Å². The molecule has 0 aliphatic carbocycles. The zero-order chi connectivity index (χ0) is 12.4. The fourth-order valence-electron chi connectivity index (χ4n) is 1.38. The van der Waals surface area contributed by atoms with Gasteiger partial charge in [-0.3, -0.25) is 4.68 Å². The Hall–Kier alpha value is -2.64. The molecule has 0 aromatic carbocycles. The Balaban J connectivity index is 2.54. The first-order valence-electron chi connectivity index (χ1n) is 4.64. The van der Waals surface area contributed by atoms with Crippen molar-refractivity contribution in [1.29, 1.82) is 0 Å². The van der Waals surface area contributed by atoms with E-state index in [1.165, 1.54) is 6.33 Å². The molecular weight excluding hydrogens is 224 g/mol. The van der Waals surface area contributed by atoms with Crippen molar-refractivity contribution < 1.29 is 9.53 Å². The molecule has 0 unspecified atom stereocenters. The van der Waals surface area contributed by atoms with Crippen molar-refractivity contribution in [1.82, 2.24) is 19.7 Å². The van der Waals surface area contributed by atoms with Crippen molar-refractivity contribution >= 4 is 11.9 Å². The minimum Gasteiger partial charge on any atom is -0.391 e. The van der Waals surface area contributed by atoms with Crippen molar-refractivity contribution in [3.05, 3.63) is 18.7 Å². The van der Waals surface area contributed by atoms with Gasteiger partial charge in [0.1, 0.15) is 12.1 Å². The van der Waals surface area contributed by atoms with E-state index in [4.69, 9.17) is 16.2 Å². The average molecular weight is 234 g/mol. The van der Waals surface area contributed by atoms with Crippen LogP contribution >= 0.6 is 0 Å². The van der Waals surface area contributed by atoms with Crippen LogP contribution in [-0.2, 0) is 7.05 Å². The lowest BCUT2D eigenvalue weighted by atomic mass is 10.2. The van der Waals surface area contributed by atoms with Gasteiger partial charge < -0.3 is 16.2 Å². The van der Waals surface area contributed by atoms with Crippen molar-refractivity contribution in [2.24, 2.45) is 12.8 Å². The molecule has 0 saturated carbocycles. The number of primary amides is 1. The maximum absolute atomic E-state index is 10.7. The number of nitrogens with two attached hydrogens (primary N) is 2. The third-order valence-electron chi connectivity index (χ3n) is 2.03. The van der Waals surface area contributed by atoms with Gasteiger partial charge in [-0.15, -0.1) is 0 Å². The third kappa shape index (κ3) is 2.14. The van der Waals surface area contributed by atoms with Crippen LogP contribution in [0, 0.1) is 0 Å². The lowest BCUT2D eigenvalue weighted by Crippen LogP contribution is -2.18. The van der Waals surface area contributed by atoms with Gasteiger partial charge in [-0.25, -0.2) is 14.8 Å². The molecule has 0 spiro atoms. The highest BCUT2D eigenvalue weighted by Gasteiger charge is 2.16. The molecule has 4 N–H and O–H groups in total. The Morgan fingerprint density at radius 2 is 2.24 bits per heavy atom. The summed E-state index contributed by atoms with van der Waals surface area (Å²) in [5, 5.41) is 3.99. The van der Waals surface area contributed by atoms with Crippen LogP contribution in [0.25, 0.3) is 11.1 Å². The zero-order valence-corrected chi connectivity index (χ0v) is 8.99. The minimum absolute atomic E-state index is 0.0120. The normalized spacial score (nSPS) is 10.2. The number of rotatable bonds is 2. The van der Waals surface area contributed by atoms with E-state index in [1.54, 1.807) is 24.1 Å². The van der Waals surface area contributed by atoms with Gasteiger partial charge in [-0.05, 0) is 0 Å². The number of carbonyl (C=O) groups excluding carboxylic acids is 1. The highest BCUT2D eigenvalue weighted by atomic mass is 16.6. The van der Waals surface area contributed by atoms with Gasteiger partial charge in [0.15, 0.2) is 0 Å². The third-order valence-corrected chi connectivity index (χ3v) is 2.03. The fraction of sp³-hybridized carbons (Fsp3) is 0.111. The van der Waals surface area contributed by atoms with Crippen LogP contribution in [0.4, 0.5) is 10.6 Å². The van der Waals surface area contributed by atoms with E-state index in [0.717, 1.165) is 0 Å². The van der Waals surface area contributed by atoms with Gasteiger partial charge in [0, 0.05) is 18.8 Å². The Kier molecular flexibility index (Phi) is 2.61. The summed E-state index contributed by atoms with van der Waals surface area (Å²) in [4.78, 5) is 18.4. The summed E-state index contributed by atoms with van der Waals surface area (Å²) in [6.45, 7) is 0. The van der Waals surface area contributed by atoms with Crippen molar-refractivity contribution in [3.8, 4) is 17.0 Å². The number of carbonyl (C=O) groups is 1. The summed E-state index contributed by atoms with van der Waals surface area (Å²) >= 11 is 0. The smallest absolute Gasteiger partial charge is 0.391 e. The van der Waals surface area contributed by atoms with Crippen molar-refractivity contribution in [3.63, 3.8) is 0 Å². The van der Waals surface area contributed by atoms with E-state index in [0.29, 0.717) is 11.1 Å². The molecule has 0 bridgehead atoms. The van der Waals surface area contributed by atoms with Crippen LogP contribution in [0.5, 0.6) is 5.88 Å². The molecule has 0 radical (unpaired) electrons. The summed E-state index contributed by atoms with van der Waals surface area (Å²) in [5.41, 5.74) is 11.7. The summed E-state index contributed by atoms with van der Waals surface area (Å²) in [6, 6.07) is 0. The quantitative estimate of drug-likeness (QED) is 0.749. The molecule has 8 nitrogen and oxygen atoms in total. The molecule has 1 amide bonds. The number of aryl methyl sites for hydroxylation is 1. The predicted octanol–water partition coefficient (Wildman–Crippen LogP) is -0.0832. The Morgan fingerprint density at radius 3 is 2.82 bits per heavy atom. The molecule has 0 fully saturated rings. The van der Waals surface area contributed by atoms with E-state index >= 15 is 0 Å². The van der Waals surface area contributed by atoms with Crippen LogP contribution in [-0.4, -0.2) is 25.8 Å². The van der Waals surface area contributed by atoms with Crippen LogP contribution < -0.4 is 16.2 Å². The number of hydrogen-bond donors (Lipinski definition) is 2. The second kappa shape index (κ2) is 4.08. The average Bonchev–Trinajstić information content (AvgIpc) is 2.64. The van der Waals surface area contributed by atoms with Gasteiger partial charge in [-0.1, -0.05) is 0 Å². The summed E-state index contributed by atoms with van der Waals surface area (Å²) < 4.78 is 6.34. The van der Waals surface area contributed by atoms with Crippen LogP contribution in [0.1, 0.15) is 0 Å². The highest BCUT2D eigenvalue weighted by molar-refractivity contribution is 5.80. The second-order valence-corrected chi connectivity index (χ2v) is 3.26. The number of ether oxygens (including phenoxy) is 1. The lowest BCUT2D eigenvalue weighted by molar-refractivity contribution is 0.209.